The summed E-state index contributed by atoms with van der Waals surface area (Å²) in [6.07, 6.45) is 0. The fourth-order valence-electron chi connectivity index (χ4n) is 3.67. The second-order valence-corrected chi connectivity index (χ2v) is 7.41. The summed E-state index contributed by atoms with van der Waals surface area (Å²) in [4.78, 5) is 31.6. The molecule has 0 saturated carbocycles. The number of rotatable bonds is 6. The van der Waals surface area contributed by atoms with E-state index in [1.807, 2.05) is 30.3 Å². The highest BCUT2D eigenvalue weighted by Crippen LogP contribution is 2.33. The number of furan rings is 1. The summed E-state index contributed by atoms with van der Waals surface area (Å²) in [5.74, 6) is 0.810. The zero-order valence-corrected chi connectivity index (χ0v) is 17.9. The molecule has 2 heterocycles. The number of imidazole rings is 1. The standard InChI is InChI=1S/C25H18N4O5/c1-33-22-11-10-15(24-26-17-7-3-4-8-18(17)27-24)14-19(22)28-25(30)23-13-12-21(34-23)16-6-2-5-9-20(16)29(31)32/h2-14H,1H3,(H,26,27)(H,28,30). The Morgan fingerprint density at radius 3 is 2.65 bits per heavy atom. The number of aromatic amines is 1. The van der Waals surface area contributed by atoms with Gasteiger partial charge in [0.25, 0.3) is 11.6 Å². The summed E-state index contributed by atoms with van der Waals surface area (Å²) >= 11 is 0. The Kier molecular flexibility index (Phi) is 5.27. The molecule has 0 bridgehead atoms. The summed E-state index contributed by atoms with van der Waals surface area (Å²) in [6.45, 7) is 0. The minimum Gasteiger partial charge on any atom is -0.495 e. The molecule has 0 fully saturated rings. The predicted octanol–water partition coefficient (Wildman–Crippen LogP) is 5.66. The highest BCUT2D eigenvalue weighted by Gasteiger charge is 2.20. The number of ether oxygens (including phenoxy) is 1. The number of nitro groups is 1. The van der Waals surface area contributed by atoms with Gasteiger partial charge in [0.05, 0.1) is 34.3 Å². The van der Waals surface area contributed by atoms with Gasteiger partial charge in [-0.05, 0) is 48.5 Å². The lowest BCUT2D eigenvalue weighted by molar-refractivity contribution is -0.384. The van der Waals surface area contributed by atoms with Crippen molar-refractivity contribution in [3.63, 3.8) is 0 Å². The molecule has 0 aliphatic carbocycles. The van der Waals surface area contributed by atoms with Gasteiger partial charge in [-0.2, -0.15) is 0 Å². The number of H-pyrrole nitrogens is 1. The minimum atomic E-state index is -0.523. The molecule has 0 aliphatic heterocycles. The molecule has 0 atom stereocenters. The number of fused-ring (bicyclic) bond motifs is 1. The molecular formula is C25H18N4O5. The van der Waals surface area contributed by atoms with E-state index in [0.717, 1.165) is 16.6 Å². The van der Waals surface area contributed by atoms with Gasteiger partial charge in [-0.25, -0.2) is 4.98 Å². The Morgan fingerprint density at radius 1 is 1.06 bits per heavy atom. The zero-order valence-electron chi connectivity index (χ0n) is 17.9. The molecule has 1 amide bonds. The number of benzene rings is 3. The van der Waals surface area contributed by atoms with Gasteiger partial charge < -0.3 is 19.5 Å². The van der Waals surface area contributed by atoms with E-state index >= 15 is 0 Å². The summed E-state index contributed by atoms with van der Waals surface area (Å²) in [6, 6.07) is 22.2. The van der Waals surface area contributed by atoms with Crippen LogP contribution in [0.2, 0.25) is 0 Å². The number of nitro benzene ring substituents is 1. The second kappa shape index (κ2) is 8.55. The Morgan fingerprint density at radius 2 is 1.85 bits per heavy atom. The van der Waals surface area contributed by atoms with Crippen molar-refractivity contribution >= 4 is 28.3 Å². The number of anilines is 1. The van der Waals surface area contributed by atoms with Crippen LogP contribution in [0.3, 0.4) is 0 Å². The summed E-state index contributed by atoms with van der Waals surface area (Å²) in [7, 11) is 1.51. The van der Waals surface area contributed by atoms with Crippen molar-refractivity contribution in [2.75, 3.05) is 12.4 Å². The number of para-hydroxylation sites is 3. The van der Waals surface area contributed by atoms with Crippen molar-refractivity contribution in [1.82, 2.24) is 9.97 Å². The highest BCUT2D eigenvalue weighted by atomic mass is 16.6. The molecule has 9 heteroatoms. The quantitative estimate of drug-likeness (QED) is 0.252. The Bertz CT molecular complexity index is 1500. The molecule has 3 aromatic carbocycles. The first kappa shape index (κ1) is 21.0. The average molecular weight is 454 g/mol. The monoisotopic (exact) mass is 454 g/mol. The third-order valence-electron chi connectivity index (χ3n) is 5.31. The largest absolute Gasteiger partial charge is 0.495 e. The molecule has 168 valence electrons. The van der Waals surface area contributed by atoms with E-state index in [1.165, 1.54) is 25.3 Å². The van der Waals surface area contributed by atoms with E-state index in [2.05, 4.69) is 15.3 Å². The zero-order chi connectivity index (χ0) is 23.7. The predicted molar refractivity (Wildman–Crippen MR) is 127 cm³/mol. The molecule has 0 spiro atoms. The van der Waals surface area contributed by atoms with E-state index in [9.17, 15) is 14.9 Å². The van der Waals surface area contributed by atoms with E-state index in [-0.39, 0.29) is 22.8 Å². The molecule has 5 rings (SSSR count). The molecule has 2 N–H and O–H groups in total. The van der Waals surface area contributed by atoms with Crippen molar-refractivity contribution in [2.45, 2.75) is 0 Å². The van der Waals surface area contributed by atoms with E-state index in [0.29, 0.717) is 17.3 Å². The van der Waals surface area contributed by atoms with Crippen LogP contribution in [0.4, 0.5) is 11.4 Å². The molecule has 0 aliphatic rings. The van der Waals surface area contributed by atoms with Gasteiger partial charge in [-0.3, -0.25) is 14.9 Å². The molecule has 9 nitrogen and oxygen atoms in total. The van der Waals surface area contributed by atoms with Gasteiger partial charge in [0, 0.05) is 11.6 Å². The molecule has 0 radical (unpaired) electrons. The normalized spacial score (nSPS) is 10.9. The Hall–Kier alpha value is -4.92. The van der Waals surface area contributed by atoms with E-state index in [4.69, 9.17) is 9.15 Å². The number of hydrogen-bond donors (Lipinski definition) is 2. The van der Waals surface area contributed by atoms with E-state index in [1.54, 1.807) is 30.3 Å². The third-order valence-corrected chi connectivity index (χ3v) is 5.31. The van der Waals surface area contributed by atoms with Crippen molar-refractivity contribution in [2.24, 2.45) is 0 Å². The van der Waals surface area contributed by atoms with Crippen molar-refractivity contribution < 1.29 is 18.9 Å². The number of carbonyl (C=O) groups excluding carboxylic acids is 1. The Balaban J connectivity index is 1.44. The highest BCUT2D eigenvalue weighted by molar-refractivity contribution is 6.04. The van der Waals surface area contributed by atoms with Gasteiger partial charge in [-0.1, -0.05) is 24.3 Å². The first-order chi connectivity index (χ1) is 16.5. The SMILES string of the molecule is COc1ccc(-c2nc3ccccc3[nH]2)cc1NC(=O)c1ccc(-c2ccccc2[N+](=O)[O-])o1. The van der Waals surface area contributed by atoms with Crippen LogP contribution in [-0.4, -0.2) is 27.9 Å². The number of nitrogens with one attached hydrogen (secondary N) is 2. The van der Waals surface area contributed by atoms with Crippen LogP contribution < -0.4 is 10.1 Å². The van der Waals surface area contributed by atoms with Crippen LogP contribution in [0.25, 0.3) is 33.7 Å². The minimum absolute atomic E-state index is 0.00402. The number of carbonyl (C=O) groups is 1. The van der Waals surface area contributed by atoms with Crippen molar-refractivity contribution in [1.29, 1.82) is 0 Å². The lowest BCUT2D eigenvalue weighted by Gasteiger charge is -2.10. The maximum absolute atomic E-state index is 12.9. The van der Waals surface area contributed by atoms with Crippen LogP contribution >= 0.6 is 0 Å². The first-order valence-electron chi connectivity index (χ1n) is 10.3. The van der Waals surface area contributed by atoms with Crippen LogP contribution in [0.15, 0.2) is 83.3 Å². The lowest BCUT2D eigenvalue weighted by atomic mass is 10.1. The summed E-state index contributed by atoms with van der Waals surface area (Å²) in [5, 5.41) is 14.1. The fraction of sp³-hybridized carbons (Fsp3) is 0.0400. The van der Waals surface area contributed by atoms with Crippen LogP contribution in [0, 0.1) is 10.1 Å². The number of amides is 1. The summed E-state index contributed by atoms with van der Waals surface area (Å²) < 4.78 is 11.0. The maximum atomic E-state index is 12.9. The van der Waals surface area contributed by atoms with Crippen molar-refractivity contribution in [3.05, 3.63) is 94.7 Å². The Labute approximate surface area is 193 Å². The number of aromatic nitrogens is 2. The van der Waals surface area contributed by atoms with Crippen molar-refractivity contribution in [3.8, 4) is 28.5 Å². The molecule has 5 aromatic rings. The third kappa shape index (κ3) is 3.86. The molecular weight excluding hydrogens is 436 g/mol. The summed E-state index contributed by atoms with van der Waals surface area (Å²) in [5.41, 5.74) is 3.09. The number of nitrogens with zero attached hydrogens (tertiary/aromatic N) is 2. The fourth-order valence-corrected chi connectivity index (χ4v) is 3.67. The molecule has 0 saturated heterocycles. The second-order valence-electron chi connectivity index (χ2n) is 7.41. The average Bonchev–Trinajstić information content (AvgIpc) is 3.52. The van der Waals surface area contributed by atoms with Gasteiger partial charge in [0.1, 0.15) is 17.3 Å². The molecule has 0 unspecified atom stereocenters. The number of hydrogen-bond acceptors (Lipinski definition) is 6. The number of methoxy groups -OCH3 is 1. The smallest absolute Gasteiger partial charge is 0.291 e. The first-order valence-corrected chi connectivity index (χ1v) is 10.3. The van der Waals surface area contributed by atoms with Crippen LogP contribution in [0.1, 0.15) is 10.6 Å². The van der Waals surface area contributed by atoms with Gasteiger partial charge in [0.15, 0.2) is 5.76 Å². The van der Waals surface area contributed by atoms with E-state index < -0.39 is 10.8 Å². The van der Waals surface area contributed by atoms with Gasteiger partial charge >= 0.3 is 0 Å². The topological polar surface area (TPSA) is 123 Å². The lowest BCUT2D eigenvalue weighted by Crippen LogP contribution is -2.11. The van der Waals surface area contributed by atoms with Gasteiger partial charge in [-0.15, -0.1) is 0 Å². The maximum Gasteiger partial charge on any atom is 0.291 e. The molecule has 34 heavy (non-hydrogen) atoms. The van der Waals surface area contributed by atoms with Crippen LogP contribution in [0.5, 0.6) is 5.75 Å². The van der Waals surface area contributed by atoms with Gasteiger partial charge in [0.2, 0.25) is 0 Å². The van der Waals surface area contributed by atoms with Crippen LogP contribution in [-0.2, 0) is 0 Å². The molecule has 2 aromatic heterocycles.